The lowest BCUT2D eigenvalue weighted by Crippen LogP contribution is -2.44. The van der Waals surface area contributed by atoms with E-state index in [0.717, 1.165) is 5.56 Å². The van der Waals surface area contributed by atoms with Gasteiger partial charge >= 0.3 is 12.1 Å². The minimum absolute atomic E-state index is 0.000316. The van der Waals surface area contributed by atoms with Crippen molar-refractivity contribution in [1.29, 1.82) is 0 Å². The molecule has 0 saturated carbocycles. The quantitative estimate of drug-likeness (QED) is 0.647. The van der Waals surface area contributed by atoms with Crippen molar-refractivity contribution >= 4 is 23.7 Å². The third-order valence-electron chi connectivity index (χ3n) is 3.81. The Labute approximate surface area is 164 Å². The average molecular weight is 384 g/mol. The molecular formula is C21H24N2O5. The van der Waals surface area contributed by atoms with E-state index in [4.69, 9.17) is 9.47 Å². The maximum Gasteiger partial charge on any atom is 0.408 e. The zero-order valence-electron chi connectivity index (χ0n) is 15.7. The van der Waals surface area contributed by atoms with Gasteiger partial charge in [-0.15, -0.1) is 0 Å². The highest BCUT2D eigenvalue weighted by Crippen LogP contribution is 2.09. The fourth-order valence-corrected chi connectivity index (χ4v) is 2.42. The number of rotatable bonds is 9. The summed E-state index contributed by atoms with van der Waals surface area (Å²) in [5.74, 6) is -0.869. The number of benzene rings is 2. The Morgan fingerprint density at radius 1 is 0.929 bits per heavy atom. The van der Waals surface area contributed by atoms with E-state index >= 15 is 0 Å². The minimum Gasteiger partial charge on any atom is -0.466 e. The normalized spacial score (nSPS) is 11.2. The molecule has 0 unspecified atom stereocenters. The fourth-order valence-electron chi connectivity index (χ4n) is 2.42. The van der Waals surface area contributed by atoms with E-state index in [9.17, 15) is 14.4 Å². The van der Waals surface area contributed by atoms with Gasteiger partial charge in [0.15, 0.2) is 0 Å². The number of hydrogen-bond donors (Lipinski definition) is 2. The average Bonchev–Trinajstić information content (AvgIpc) is 2.71. The van der Waals surface area contributed by atoms with Crippen LogP contribution in [0.25, 0.3) is 0 Å². The van der Waals surface area contributed by atoms with Crippen molar-refractivity contribution in [2.45, 2.75) is 32.4 Å². The molecular weight excluding hydrogens is 360 g/mol. The van der Waals surface area contributed by atoms with Gasteiger partial charge < -0.3 is 20.1 Å². The molecule has 0 fully saturated rings. The Balaban J connectivity index is 1.94. The van der Waals surface area contributed by atoms with E-state index in [1.54, 1.807) is 31.2 Å². The first-order chi connectivity index (χ1) is 13.6. The second kappa shape index (κ2) is 11.4. The first kappa shape index (κ1) is 21.0. The topological polar surface area (TPSA) is 93.7 Å². The fraction of sp³-hybridized carbons (Fsp3) is 0.286. The highest BCUT2D eigenvalue weighted by atomic mass is 16.5. The van der Waals surface area contributed by atoms with E-state index in [-0.39, 0.29) is 26.1 Å². The molecule has 2 rings (SSSR count). The van der Waals surface area contributed by atoms with Gasteiger partial charge in [-0.1, -0.05) is 48.5 Å². The Hall–Kier alpha value is -3.35. The molecule has 0 radical (unpaired) electrons. The Bertz CT molecular complexity index is 765. The summed E-state index contributed by atoms with van der Waals surface area (Å²) in [7, 11) is 0. The lowest BCUT2D eigenvalue weighted by molar-refractivity contribution is -0.143. The molecule has 0 heterocycles. The maximum absolute atomic E-state index is 12.6. The van der Waals surface area contributed by atoms with Gasteiger partial charge in [-0.3, -0.25) is 9.59 Å². The predicted molar refractivity (Wildman–Crippen MR) is 104 cm³/mol. The van der Waals surface area contributed by atoms with Crippen LogP contribution in [-0.4, -0.2) is 30.6 Å². The highest BCUT2D eigenvalue weighted by molar-refractivity contribution is 5.96. The molecule has 2 aromatic rings. The lowest BCUT2D eigenvalue weighted by Gasteiger charge is -2.18. The largest absolute Gasteiger partial charge is 0.466 e. The number of anilines is 1. The second-order valence-electron chi connectivity index (χ2n) is 5.96. The van der Waals surface area contributed by atoms with E-state index in [2.05, 4.69) is 10.6 Å². The summed E-state index contributed by atoms with van der Waals surface area (Å²) in [6.07, 6.45) is -0.640. The molecule has 7 heteroatoms. The summed E-state index contributed by atoms with van der Waals surface area (Å²) in [6.45, 7) is 2.04. The van der Waals surface area contributed by atoms with Crippen molar-refractivity contribution < 1.29 is 23.9 Å². The molecule has 0 aliphatic rings. The summed E-state index contributed by atoms with van der Waals surface area (Å²) in [5, 5.41) is 5.24. The highest BCUT2D eigenvalue weighted by Gasteiger charge is 2.23. The predicted octanol–water partition coefficient (Wildman–Crippen LogP) is 3.26. The first-order valence-corrected chi connectivity index (χ1v) is 9.07. The van der Waals surface area contributed by atoms with Crippen LogP contribution in [0, 0.1) is 0 Å². The van der Waals surface area contributed by atoms with Gasteiger partial charge in [0.25, 0.3) is 0 Å². The summed E-state index contributed by atoms with van der Waals surface area (Å²) >= 11 is 0. The maximum atomic E-state index is 12.6. The molecule has 0 spiro atoms. The standard InChI is InChI=1S/C21H24N2O5/c1-2-27-19(24)14-13-18(20(25)22-17-11-7-4-8-12-17)23-21(26)28-15-16-9-5-3-6-10-16/h3-12,18H,2,13-15H2,1H3,(H,22,25)(H,23,26)/t18-/m1/s1. The summed E-state index contributed by atoms with van der Waals surface area (Å²) < 4.78 is 10.1. The van der Waals surface area contributed by atoms with Crippen molar-refractivity contribution in [2.75, 3.05) is 11.9 Å². The number of hydrogen-bond acceptors (Lipinski definition) is 5. The minimum atomic E-state index is -0.937. The lowest BCUT2D eigenvalue weighted by atomic mass is 10.1. The third-order valence-corrected chi connectivity index (χ3v) is 3.81. The van der Waals surface area contributed by atoms with Crippen LogP contribution in [0.15, 0.2) is 60.7 Å². The van der Waals surface area contributed by atoms with Gasteiger partial charge in [-0.25, -0.2) is 4.79 Å². The Morgan fingerprint density at radius 2 is 1.57 bits per heavy atom. The zero-order chi connectivity index (χ0) is 20.2. The van der Waals surface area contributed by atoms with Crippen molar-refractivity contribution in [3.05, 3.63) is 66.2 Å². The van der Waals surface area contributed by atoms with Crippen LogP contribution in [0.1, 0.15) is 25.3 Å². The van der Waals surface area contributed by atoms with E-state index in [1.807, 2.05) is 36.4 Å². The number of para-hydroxylation sites is 1. The molecule has 0 saturated heterocycles. The molecule has 0 aliphatic carbocycles. The van der Waals surface area contributed by atoms with Crippen LogP contribution >= 0.6 is 0 Å². The molecule has 148 valence electrons. The van der Waals surface area contributed by atoms with E-state index in [1.165, 1.54) is 0 Å². The molecule has 28 heavy (non-hydrogen) atoms. The molecule has 2 aromatic carbocycles. The summed E-state index contributed by atoms with van der Waals surface area (Å²) in [5.41, 5.74) is 1.42. The third kappa shape index (κ3) is 7.49. The molecule has 0 bridgehead atoms. The van der Waals surface area contributed by atoms with Gasteiger partial charge in [0.1, 0.15) is 12.6 Å². The Kier molecular flexibility index (Phi) is 8.52. The van der Waals surface area contributed by atoms with Crippen LogP contribution < -0.4 is 10.6 Å². The molecule has 0 aliphatic heterocycles. The molecule has 2 N–H and O–H groups in total. The number of nitrogens with one attached hydrogen (secondary N) is 2. The zero-order valence-corrected chi connectivity index (χ0v) is 15.7. The van der Waals surface area contributed by atoms with Gasteiger partial charge in [-0.05, 0) is 31.0 Å². The molecule has 7 nitrogen and oxygen atoms in total. The molecule has 1 atom stereocenters. The second-order valence-corrected chi connectivity index (χ2v) is 5.96. The van der Waals surface area contributed by atoms with Crippen LogP contribution in [0.3, 0.4) is 0 Å². The first-order valence-electron chi connectivity index (χ1n) is 9.07. The van der Waals surface area contributed by atoms with Crippen molar-refractivity contribution in [1.82, 2.24) is 5.32 Å². The number of carbonyl (C=O) groups is 3. The number of alkyl carbamates (subject to hydrolysis) is 1. The van der Waals surface area contributed by atoms with Crippen LogP contribution in [0.2, 0.25) is 0 Å². The van der Waals surface area contributed by atoms with Gasteiger partial charge in [0.2, 0.25) is 5.91 Å². The Morgan fingerprint density at radius 3 is 2.21 bits per heavy atom. The van der Waals surface area contributed by atoms with Crippen molar-refractivity contribution in [2.24, 2.45) is 0 Å². The van der Waals surface area contributed by atoms with Crippen molar-refractivity contribution in [3.8, 4) is 0 Å². The van der Waals surface area contributed by atoms with Gasteiger partial charge in [-0.2, -0.15) is 0 Å². The number of amides is 2. The smallest absolute Gasteiger partial charge is 0.408 e. The monoisotopic (exact) mass is 384 g/mol. The van der Waals surface area contributed by atoms with E-state index < -0.39 is 24.0 Å². The van der Waals surface area contributed by atoms with Crippen LogP contribution in [0.4, 0.5) is 10.5 Å². The van der Waals surface area contributed by atoms with Gasteiger partial charge in [0, 0.05) is 12.1 Å². The summed E-state index contributed by atoms with van der Waals surface area (Å²) in [4.78, 5) is 36.3. The number of ether oxygens (including phenoxy) is 2. The SMILES string of the molecule is CCOC(=O)CC[C@@H](NC(=O)OCc1ccccc1)C(=O)Nc1ccccc1. The van der Waals surface area contributed by atoms with Crippen molar-refractivity contribution in [3.63, 3.8) is 0 Å². The van der Waals surface area contributed by atoms with Crippen LogP contribution in [0.5, 0.6) is 0 Å². The number of carbonyl (C=O) groups excluding carboxylic acids is 3. The summed E-state index contributed by atoms with van der Waals surface area (Å²) in [6, 6.07) is 17.1. The van der Waals surface area contributed by atoms with E-state index in [0.29, 0.717) is 5.69 Å². The molecule has 0 aromatic heterocycles. The van der Waals surface area contributed by atoms with Crippen LogP contribution in [-0.2, 0) is 25.7 Å². The number of esters is 1. The van der Waals surface area contributed by atoms with Gasteiger partial charge in [0.05, 0.1) is 6.61 Å². The molecule has 2 amide bonds.